The van der Waals surface area contributed by atoms with Crippen molar-refractivity contribution in [3.8, 4) is 12.1 Å². The molecule has 1 heterocycles. The Morgan fingerprint density at radius 2 is 1.61 bits per heavy atom. The summed E-state index contributed by atoms with van der Waals surface area (Å²) in [6, 6.07) is 11.9. The van der Waals surface area contributed by atoms with Gasteiger partial charge in [0.1, 0.15) is 17.7 Å². The molecular weight excluding hydrogens is 260 g/mol. The molecule has 0 spiro atoms. The lowest BCUT2D eigenvalue weighted by Crippen LogP contribution is -1.67. The van der Waals surface area contributed by atoms with E-state index in [0.717, 1.165) is 0 Å². The monoisotopic (exact) mass is 268 g/mol. The van der Waals surface area contributed by atoms with Crippen LogP contribution in [-0.4, -0.2) is 0 Å². The summed E-state index contributed by atoms with van der Waals surface area (Å²) in [5, 5.41) is 17.1. The number of allylic oxidation sites excluding steroid dienone is 5. The van der Waals surface area contributed by atoms with Crippen molar-refractivity contribution in [2.45, 2.75) is 9.79 Å². The molecule has 0 N–H and O–H groups in total. The van der Waals surface area contributed by atoms with Gasteiger partial charge in [0, 0.05) is 14.0 Å². The van der Waals surface area contributed by atoms with Gasteiger partial charge in [-0.1, -0.05) is 47.8 Å². The first kappa shape index (κ1) is 12.6. The van der Waals surface area contributed by atoms with Crippen LogP contribution in [0.15, 0.2) is 68.2 Å². The van der Waals surface area contributed by atoms with Crippen LogP contribution in [0.1, 0.15) is 0 Å². The number of hydrogen-bond acceptors (Lipinski definition) is 4. The van der Waals surface area contributed by atoms with Crippen molar-refractivity contribution < 1.29 is 0 Å². The summed E-state index contributed by atoms with van der Waals surface area (Å²) in [5.74, 6) is 0. The van der Waals surface area contributed by atoms with Gasteiger partial charge in [0.2, 0.25) is 0 Å². The van der Waals surface area contributed by atoms with Crippen LogP contribution < -0.4 is 0 Å². The van der Waals surface area contributed by atoms with Crippen molar-refractivity contribution in [3.05, 3.63) is 58.4 Å². The van der Waals surface area contributed by atoms with E-state index in [1.807, 2.05) is 36.4 Å². The number of benzene rings is 1. The Morgan fingerprint density at radius 3 is 2.17 bits per heavy atom. The molecule has 0 saturated carbocycles. The Labute approximate surface area is 114 Å². The number of fused-ring (bicyclic) bond motifs is 1. The highest BCUT2D eigenvalue weighted by Gasteiger charge is 2.15. The molecule has 1 aliphatic rings. The van der Waals surface area contributed by atoms with Crippen molar-refractivity contribution in [3.63, 3.8) is 0 Å². The maximum absolute atomic E-state index is 8.56. The maximum atomic E-state index is 8.56. The van der Waals surface area contributed by atoms with Crippen LogP contribution in [0.25, 0.3) is 0 Å². The van der Waals surface area contributed by atoms with Crippen LogP contribution in [0.4, 0.5) is 0 Å². The van der Waals surface area contributed by atoms with E-state index < -0.39 is 0 Å². The first-order valence-corrected chi connectivity index (χ1v) is 6.80. The molecule has 18 heavy (non-hydrogen) atoms. The normalized spacial score (nSPS) is 12.7. The molecule has 0 aromatic heterocycles. The van der Waals surface area contributed by atoms with Crippen LogP contribution >= 0.6 is 23.5 Å². The predicted octanol–water partition coefficient (Wildman–Crippen LogP) is 4.26. The Balaban J connectivity index is 2.03. The van der Waals surface area contributed by atoms with Crippen molar-refractivity contribution in [2.75, 3.05) is 0 Å². The van der Waals surface area contributed by atoms with Crippen LogP contribution in [0, 0.1) is 22.7 Å². The highest BCUT2D eigenvalue weighted by atomic mass is 32.2. The van der Waals surface area contributed by atoms with Gasteiger partial charge in [-0.25, -0.2) is 0 Å². The van der Waals surface area contributed by atoms with E-state index in [0.29, 0.717) is 0 Å². The first-order chi connectivity index (χ1) is 8.83. The number of thioether (sulfide) groups is 2. The van der Waals surface area contributed by atoms with Crippen LogP contribution in [0.3, 0.4) is 0 Å². The van der Waals surface area contributed by atoms with Gasteiger partial charge in [-0.05, 0) is 24.3 Å². The van der Waals surface area contributed by atoms with Gasteiger partial charge in [-0.2, -0.15) is 10.5 Å². The summed E-state index contributed by atoms with van der Waals surface area (Å²) < 4.78 is 1.19. The van der Waals surface area contributed by atoms with Gasteiger partial charge in [-0.3, -0.25) is 0 Å². The summed E-state index contributed by atoms with van der Waals surface area (Å²) in [5.41, 5.74) is 0.111. The van der Waals surface area contributed by atoms with Crippen molar-refractivity contribution >= 4 is 23.5 Å². The summed E-state index contributed by atoms with van der Waals surface area (Å²) in [6.07, 6.45) is 7.04. The summed E-state index contributed by atoms with van der Waals surface area (Å²) in [6.45, 7) is 0. The van der Waals surface area contributed by atoms with Gasteiger partial charge in [0.15, 0.2) is 0 Å². The third-order valence-corrected chi connectivity index (χ3v) is 4.57. The van der Waals surface area contributed by atoms with Gasteiger partial charge in [0.05, 0.1) is 0 Å². The average molecular weight is 268 g/mol. The molecule has 0 fully saturated rings. The zero-order valence-corrected chi connectivity index (χ0v) is 11.0. The summed E-state index contributed by atoms with van der Waals surface area (Å²) in [7, 11) is 0. The standard InChI is InChI=1S/C14H8N2S2/c15-9-11(10-16)5-1-4-8-14-17-12-6-2-3-7-13(12)18-14/h1-8H/b4-1+. The molecule has 1 aromatic carbocycles. The van der Waals surface area contributed by atoms with E-state index in [9.17, 15) is 0 Å². The third kappa shape index (κ3) is 3.07. The van der Waals surface area contributed by atoms with E-state index in [4.69, 9.17) is 10.5 Å². The molecule has 1 aromatic rings. The third-order valence-electron chi connectivity index (χ3n) is 2.12. The van der Waals surface area contributed by atoms with Gasteiger partial charge >= 0.3 is 0 Å². The van der Waals surface area contributed by atoms with Crippen molar-refractivity contribution in [1.29, 1.82) is 10.5 Å². The van der Waals surface area contributed by atoms with Crippen LogP contribution in [0.2, 0.25) is 0 Å². The minimum atomic E-state index is 0.111. The van der Waals surface area contributed by atoms with Crippen LogP contribution in [-0.2, 0) is 0 Å². The molecule has 2 nitrogen and oxygen atoms in total. The van der Waals surface area contributed by atoms with E-state index in [1.165, 1.54) is 20.1 Å². The minimum absolute atomic E-state index is 0.111. The second-order valence-corrected chi connectivity index (χ2v) is 5.75. The fourth-order valence-electron chi connectivity index (χ4n) is 1.31. The smallest absolute Gasteiger partial charge is 0.129 e. The van der Waals surface area contributed by atoms with Crippen molar-refractivity contribution in [2.24, 2.45) is 0 Å². The summed E-state index contributed by atoms with van der Waals surface area (Å²) in [4.78, 5) is 2.54. The lowest BCUT2D eigenvalue weighted by Gasteiger charge is -1.90. The van der Waals surface area contributed by atoms with E-state index in [-0.39, 0.29) is 5.57 Å². The quantitative estimate of drug-likeness (QED) is 0.594. The Bertz CT molecular complexity index is 585. The fraction of sp³-hybridized carbons (Fsp3) is 0. The second kappa shape index (κ2) is 6.16. The fourth-order valence-corrected chi connectivity index (χ4v) is 3.62. The molecular formula is C14H8N2S2. The number of rotatable bonds is 2. The molecule has 0 aliphatic carbocycles. The molecule has 4 heteroatoms. The Kier molecular flexibility index (Phi) is 4.30. The second-order valence-electron chi connectivity index (χ2n) is 3.33. The summed E-state index contributed by atoms with van der Waals surface area (Å²) >= 11 is 3.46. The molecule has 0 radical (unpaired) electrons. The zero-order valence-electron chi connectivity index (χ0n) is 9.33. The highest BCUT2D eigenvalue weighted by Crippen LogP contribution is 2.50. The molecule has 0 amide bonds. The molecule has 86 valence electrons. The van der Waals surface area contributed by atoms with Crippen molar-refractivity contribution in [1.82, 2.24) is 0 Å². The van der Waals surface area contributed by atoms with Gasteiger partial charge < -0.3 is 0 Å². The SMILES string of the molecule is N#CC(C#N)=C/C=C/C=C1Sc2ccccc2S1. The van der Waals surface area contributed by atoms with Gasteiger partial charge in [0.25, 0.3) is 0 Å². The zero-order chi connectivity index (χ0) is 12.8. The lowest BCUT2D eigenvalue weighted by atomic mass is 10.3. The Morgan fingerprint density at radius 1 is 1.00 bits per heavy atom. The molecule has 0 unspecified atom stereocenters. The predicted molar refractivity (Wildman–Crippen MR) is 74.7 cm³/mol. The lowest BCUT2D eigenvalue weighted by molar-refractivity contribution is 1.27. The average Bonchev–Trinajstić information content (AvgIpc) is 2.81. The van der Waals surface area contributed by atoms with E-state index >= 15 is 0 Å². The van der Waals surface area contributed by atoms with Gasteiger partial charge in [-0.15, -0.1) is 0 Å². The maximum Gasteiger partial charge on any atom is 0.129 e. The number of nitrogens with zero attached hydrogens (tertiary/aromatic N) is 2. The molecule has 0 bridgehead atoms. The van der Waals surface area contributed by atoms with E-state index in [1.54, 1.807) is 29.6 Å². The molecule has 0 atom stereocenters. The largest absolute Gasteiger partial charge is 0.192 e. The molecule has 1 aliphatic heterocycles. The Hall–Kier alpha value is -1.88. The topological polar surface area (TPSA) is 47.6 Å². The van der Waals surface area contributed by atoms with Crippen LogP contribution in [0.5, 0.6) is 0 Å². The highest BCUT2D eigenvalue weighted by molar-refractivity contribution is 8.24. The number of hydrogen-bond donors (Lipinski definition) is 0. The molecule has 0 saturated heterocycles. The minimum Gasteiger partial charge on any atom is -0.192 e. The van der Waals surface area contributed by atoms with E-state index in [2.05, 4.69) is 12.1 Å². The molecule has 2 rings (SSSR count). The first-order valence-electron chi connectivity index (χ1n) is 5.17. The number of nitriles is 2.